The Morgan fingerprint density at radius 1 is 1.25 bits per heavy atom. The molecule has 0 bridgehead atoms. The normalized spacial score (nSPS) is 10.3. The number of hydrogen-bond donors (Lipinski definition) is 0. The first-order valence-electron chi connectivity index (χ1n) is 4.85. The molecule has 2 aromatic heterocycles. The maximum Gasteiger partial charge on any atom is 0.331 e. The van der Waals surface area contributed by atoms with Gasteiger partial charge in [-0.15, -0.1) is 0 Å². The zero-order valence-electron chi connectivity index (χ0n) is 8.83. The Hall–Kier alpha value is -2.17. The fourth-order valence-electron chi connectivity index (χ4n) is 1.41. The highest BCUT2D eigenvalue weighted by molar-refractivity contribution is 5.04. The Balaban J connectivity index is 2.47. The van der Waals surface area contributed by atoms with Gasteiger partial charge >= 0.3 is 5.69 Å². The molecule has 0 amide bonds. The lowest BCUT2D eigenvalue weighted by atomic mass is 10.3. The van der Waals surface area contributed by atoms with E-state index in [1.165, 1.54) is 16.8 Å². The molecular weight excluding hydrogens is 206 g/mol. The Morgan fingerprint density at radius 3 is 2.75 bits per heavy atom. The number of nitrogens with zero attached hydrogens (tertiary/aromatic N) is 3. The highest BCUT2D eigenvalue weighted by atomic mass is 16.2. The lowest BCUT2D eigenvalue weighted by Gasteiger charge is -2.05. The van der Waals surface area contributed by atoms with Crippen LogP contribution in [0.1, 0.15) is 5.69 Å². The van der Waals surface area contributed by atoms with Crippen molar-refractivity contribution in [2.75, 3.05) is 0 Å². The second-order valence-corrected chi connectivity index (χ2v) is 3.45. The molecule has 0 radical (unpaired) electrons. The molecular formula is C11H11N3O2. The van der Waals surface area contributed by atoms with Gasteiger partial charge in [0, 0.05) is 25.5 Å². The van der Waals surface area contributed by atoms with E-state index in [2.05, 4.69) is 4.98 Å². The monoisotopic (exact) mass is 217 g/mol. The highest BCUT2D eigenvalue weighted by Crippen LogP contribution is 1.93. The Bertz CT molecular complexity index is 599. The maximum atomic E-state index is 11.7. The smallest absolute Gasteiger partial charge is 0.303 e. The van der Waals surface area contributed by atoms with E-state index in [1.54, 1.807) is 25.4 Å². The summed E-state index contributed by atoms with van der Waals surface area (Å²) in [4.78, 5) is 27.3. The van der Waals surface area contributed by atoms with Crippen molar-refractivity contribution in [3.05, 3.63) is 63.2 Å². The maximum absolute atomic E-state index is 11.7. The SMILES string of the molecule is Cn1ccc(=O)n(Cc2ccccn2)c1=O. The van der Waals surface area contributed by atoms with Crippen LogP contribution < -0.4 is 11.2 Å². The van der Waals surface area contributed by atoms with E-state index >= 15 is 0 Å². The number of rotatable bonds is 2. The van der Waals surface area contributed by atoms with Gasteiger partial charge in [-0.05, 0) is 12.1 Å². The molecule has 16 heavy (non-hydrogen) atoms. The summed E-state index contributed by atoms with van der Waals surface area (Å²) in [5, 5.41) is 0. The van der Waals surface area contributed by atoms with Crippen LogP contribution in [0.25, 0.3) is 0 Å². The van der Waals surface area contributed by atoms with E-state index in [-0.39, 0.29) is 17.8 Å². The summed E-state index contributed by atoms with van der Waals surface area (Å²) in [5.41, 5.74) is 0.0415. The van der Waals surface area contributed by atoms with Gasteiger partial charge in [0.1, 0.15) is 0 Å². The quantitative estimate of drug-likeness (QED) is 0.711. The average molecular weight is 217 g/mol. The number of pyridine rings is 1. The van der Waals surface area contributed by atoms with E-state index in [0.717, 1.165) is 4.57 Å². The summed E-state index contributed by atoms with van der Waals surface area (Å²) >= 11 is 0. The van der Waals surface area contributed by atoms with Gasteiger partial charge in [0.2, 0.25) is 0 Å². The summed E-state index contributed by atoms with van der Waals surface area (Å²) in [7, 11) is 1.61. The zero-order chi connectivity index (χ0) is 11.5. The summed E-state index contributed by atoms with van der Waals surface area (Å²) in [6.07, 6.45) is 3.09. The van der Waals surface area contributed by atoms with Crippen molar-refractivity contribution in [3.8, 4) is 0 Å². The molecule has 0 aliphatic heterocycles. The van der Waals surface area contributed by atoms with Gasteiger partial charge in [0.15, 0.2) is 0 Å². The van der Waals surface area contributed by atoms with E-state index < -0.39 is 0 Å². The lowest BCUT2D eigenvalue weighted by Crippen LogP contribution is -2.38. The van der Waals surface area contributed by atoms with Crippen LogP contribution >= 0.6 is 0 Å². The minimum atomic E-state index is -0.335. The summed E-state index contributed by atoms with van der Waals surface area (Å²) in [6, 6.07) is 6.75. The van der Waals surface area contributed by atoms with Crippen LogP contribution in [0.4, 0.5) is 0 Å². The molecule has 0 aromatic carbocycles. The van der Waals surface area contributed by atoms with Crippen LogP contribution in [0, 0.1) is 0 Å². The summed E-state index contributed by atoms with van der Waals surface area (Å²) in [6.45, 7) is 0.202. The summed E-state index contributed by atoms with van der Waals surface area (Å²) < 4.78 is 2.52. The molecule has 0 saturated heterocycles. The number of aromatic nitrogens is 3. The Labute approximate surface area is 91.6 Å². The van der Waals surface area contributed by atoms with E-state index in [0.29, 0.717) is 5.69 Å². The third-order valence-electron chi connectivity index (χ3n) is 2.29. The lowest BCUT2D eigenvalue weighted by molar-refractivity contribution is 0.631. The second-order valence-electron chi connectivity index (χ2n) is 3.45. The van der Waals surface area contributed by atoms with Gasteiger partial charge in [-0.3, -0.25) is 14.3 Å². The molecule has 5 heteroatoms. The largest absolute Gasteiger partial charge is 0.331 e. The van der Waals surface area contributed by atoms with E-state index in [9.17, 15) is 9.59 Å². The third kappa shape index (κ3) is 1.93. The predicted molar refractivity (Wildman–Crippen MR) is 59.3 cm³/mol. The average Bonchev–Trinajstić information content (AvgIpc) is 2.31. The second kappa shape index (κ2) is 4.14. The highest BCUT2D eigenvalue weighted by Gasteiger charge is 2.03. The fraction of sp³-hybridized carbons (Fsp3) is 0.182. The van der Waals surface area contributed by atoms with Gasteiger partial charge in [-0.2, -0.15) is 0 Å². The number of hydrogen-bond acceptors (Lipinski definition) is 3. The molecule has 5 nitrogen and oxygen atoms in total. The van der Waals surface area contributed by atoms with Crippen molar-refractivity contribution >= 4 is 0 Å². The minimum absolute atomic E-state index is 0.202. The predicted octanol–water partition coefficient (Wildman–Crippen LogP) is -0.00970. The molecule has 82 valence electrons. The Morgan fingerprint density at radius 2 is 2.06 bits per heavy atom. The first-order valence-corrected chi connectivity index (χ1v) is 4.85. The van der Waals surface area contributed by atoms with Crippen molar-refractivity contribution < 1.29 is 0 Å². The molecule has 0 saturated carbocycles. The molecule has 0 N–H and O–H groups in total. The van der Waals surface area contributed by atoms with E-state index in [1.807, 2.05) is 6.07 Å². The van der Waals surface area contributed by atoms with Gasteiger partial charge in [0.25, 0.3) is 5.56 Å². The molecule has 2 heterocycles. The van der Waals surface area contributed by atoms with Gasteiger partial charge in [0.05, 0.1) is 12.2 Å². The van der Waals surface area contributed by atoms with E-state index in [4.69, 9.17) is 0 Å². The third-order valence-corrected chi connectivity index (χ3v) is 2.29. The molecule has 2 rings (SSSR count). The summed E-state index contributed by atoms with van der Waals surface area (Å²) in [5.74, 6) is 0. The molecule has 0 aliphatic carbocycles. The topological polar surface area (TPSA) is 56.9 Å². The van der Waals surface area contributed by atoms with Gasteiger partial charge in [-0.1, -0.05) is 6.07 Å². The van der Waals surface area contributed by atoms with Crippen molar-refractivity contribution in [2.45, 2.75) is 6.54 Å². The molecule has 0 atom stereocenters. The number of aryl methyl sites for hydroxylation is 1. The Kier molecular flexibility index (Phi) is 2.68. The van der Waals surface area contributed by atoms with Crippen LogP contribution in [0.3, 0.4) is 0 Å². The van der Waals surface area contributed by atoms with Crippen molar-refractivity contribution in [1.82, 2.24) is 14.1 Å². The van der Waals surface area contributed by atoms with Gasteiger partial charge < -0.3 is 4.57 Å². The fourth-order valence-corrected chi connectivity index (χ4v) is 1.41. The minimum Gasteiger partial charge on any atom is -0.303 e. The van der Waals surface area contributed by atoms with Crippen LogP contribution in [-0.2, 0) is 13.6 Å². The molecule has 0 fully saturated rings. The molecule has 0 spiro atoms. The van der Waals surface area contributed by atoms with Gasteiger partial charge in [-0.25, -0.2) is 4.79 Å². The van der Waals surface area contributed by atoms with Crippen LogP contribution in [-0.4, -0.2) is 14.1 Å². The van der Waals surface area contributed by atoms with Crippen LogP contribution in [0.15, 0.2) is 46.2 Å². The molecule has 0 unspecified atom stereocenters. The van der Waals surface area contributed by atoms with Crippen molar-refractivity contribution in [1.29, 1.82) is 0 Å². The molecule has 2 aromatic rings. The first kappa shape index (κ1) is 10.4. The standard InChI is InChI=1S/C11H11N3O2/c1-13-7-5-10(15)14(11(13)16)8-9-4-2-3-6-12-9/h2-7H,8H2,1H3. The van der Waals surface area contributed by atoms with Crippen LogP contribution in [0.2, 0.25) is 0 Å². The van der Waals surface area contributed by atoms with Crippen LogP contribution in [0.5, 0.6) is 0 Å². The first-order chi connectivity index (χ1) is 7.68. The molecule has 0 aliphatic rings. The van der Waals surface area contributed by atoms with Crippen molar-refractivity contribution in [3.63, 3.8) is 0 Å². The zero-order valence-corrected chi connectivity index (χ0v) is 8.83. The van der Waals surface area contributed by atoms with Crippen molar-refractivity contribution in [2.24, 2.45) is 7.05 Å².